The number of carbonyl (C=O) groups excluding carboxylic acids is 1. The maximum absolute atomic E-state index is 12.1. The SMILES string of the molecule is Cl.O=C(NCc1cccc(Cn2cccn2)c1)C1CCCCN1. The van der Waals surface area contributed by atoms with Crippen LogP contribution in [-0.2, 0) is 17.9 Å². The zero-order valence-electron chi connectivity index (χ0n) is 13.1. The number of benzene rings is 1. The van der Waals surface area contributed by atoms with Gasteiger partial charge in [0.25, 0.3) is 0 Å². The number of hydrogen-bond donors (Lipinski definition) is 2. The van der Waals surface area contributed by atoms with E-state index < -0.39 is 0 Å². The highest BCUT2D eigenvalue weighted by molar-refractivity contribution is 5.85. The van der Waals surface area contributed by atoms with Gasteiger partial charge in [-0.3, -0.25) is 9.48 Å². The van der Waals surface area contributed by atoms with Gasteiger partial charge in [-0.25, -0.2) is 0 Å². The molecule has 2 heterocycles. The Morgan fingerprint density at radius 3 is 2.91 bits per heavy atom. The Morgan fingerprint density at radius 1 is 1.30 bits per heavy atom. The summed E-state index contributed by atoms with van der Waals surface area (Å²) in [5.74, 6) is 0.108. The largest absolute Gasteiger partial charge is 0.351 e. The summed E-state index contributed by atoms with van der Waals surface area (Å²) in [6.45, 7) is 2.26. The van der Waals surface area contributed by atoms with Crippen molar-refractivity contribution in [1.82, 2.24) is 20.4 Å². The number of carbonyl (C=O) groups is 1. The Morgan fingerprint density at radius 2 is 2.17 bits per heavy atom. The van der Waals surface area contributed by atoms with E-state index in [1.54, 1.807) is 6.20 Å². The lowest BCUT2D eigenvalue weighted by Gasteiger charge is -2.22. The van der Waals surface area contributed by atoms with E-state index in [0.29, 0.717) is 6.54 Å². The molecular weight excluding hydrogens is 312 g/mol. The Balaban J connectivity index is 0.00000192. The average Bonchev–Trinajstić information content (AvgIpc) is 3.07. The summed E-state index contributed by atoms with van der Waals surface area (Å²) >= 11 is 0. The molecule has 1 aliphatic heterocycles. The Kier molecular flexibility index (Phi) is 6.62. The van der Waals surface area contributed by atoms with E-state index >= 15 is 0 Å². The van der Waals surface area contributed by atoms with Gasteiger partial charge in [-0.05, 0) is 36.6 Å². The maximum atomic E-state index is 12.1. The van der Waals surface area contributed by atoms with Gasteiger partial charge >= 0.3 is 0 Å². The van der Waals surface area contributed by atoms with Gasteiger partial charge in [0, 0.05) is 18.9 Å². The van der Waals surface area contributed by atoms with Crippen molar-refractivity contribution in [2.45, 2.75) is 38.4 Å². The van der Waals surface area contributed by atoms with Gasteiger partial charge in [-0.1, -0.05) is 30.7 Å². The van der Waals surface area contributed by atoms with Crippen LogP contribution in [0.1, 0.15) is 30.4 Å². The number of piperidine rings is 1. The topological polar surface area (TPSA) is 59.0 Å². The molecule has 2 aromatic rings. The molecule has 0 aliphatic carbocycles. The summed E-state index contributed by atoms with van der Waals surface area (Å²) in [6.07, 6.45) is 6.96. The van der Waals surface area contributed by atoms with Crippen LogP contribution >= 0.6 is 12.4 Å². The molecule has 0 saturated carbocycles. The molecule has 124 valence electrons. The monoisotopic (exact) mass is 334 g/mol. The van der Waals surface area contributed by atoms with Crippen molar-refractivity contribution in [2.24, 2.45) is 0 Å². The molecule has 3 rings (SSSR count). The number of rotatable bonds is 5. The second-order valence-electron chi connectivity index (χ2n) is 5.74. The predicted molar refractivity (Wildman–Crippen MR) is 92.5 cm³/mol. The molecule has 1 unspecified atom stereocenters. The number of aromatic nitrogens is 2. The minimum atomic E-state index is -0.0268. The molecule has 2 N–H and O–H groups in total. The first kappa shape index (κ1) is 17.5. The van der Waals surface area contributed by atoms with E-state index in [1.807, 2.05) is 29.1 Å². The molecule has 1 amide bonds. The third kappa shape index (κ3) is 5.08. The first-order chi connectivity index (χ1) is 10.8. The fourth-order valence-electron chi connectivity index (χ4n) is 2.81. The van der Waals surface area contributed by atoms with E-state index in [0.717, 1.165) is 31.5 Å². The van der Waals surface area contributed by atoms with Gasteiger partial charge in [-0.2, -0.15) is 5.10 Å². The zero-order chi connectivity index (χ0) is 15.2. The summed E-state index contributed by atoms with van der Waals surface area (Å²) < 4.78 is 1.89. The van der Waals surface area contributed by atoms with Gasteiger partial charge in [-0.15, -0.1) is 12.4 Å². The van der Waals surface area contributed by atoms with Crippen molar-refractivity contribution >= 4 is 18.3 Å². The highest BCUT2D eigenvalue weighted by Gasteiger charge is 2.19. The maximum Gasteiger partial charge on any atom is 0.237 e. The fraction of sp³-hybridized carbons (Fsp3) is 0.412. The second kappa shape index (κ2) is 8.70. The Bertz CT molecular complexity index is 609. The lowest BCUT2D eigenvalue weighted by molar-refractivity contribution is -0.123. The summed E-state index contributed by atoms with van der Waals surface area (Å²) in [7, 11) is 0. The third-order valence-electron chi connectivity index (χ3n) is 3.99. The summed E-state index contributed by atoms with van der Waals surface area (Å²) in [5.41, 5.74) is 2.31. The highest BCUT2D eigenvalue weighted by Crippen LogP contribution is 2.09. The van der Waals surface area contributed by atoms with Gasteiger partial charge in [0.2, 0.25) is 5.91 Å². The summed E-state index contributed by atoms with van der Waals surface area (Å²) in [4.78, 5) is 12.1. The number of halogens is 1. The lowest BCUT2D eigenvalue weighted by Crippen LogP contribution is -2.46. The van der Waals surface area contributed by atoms with Crippen LogP contribution in [0, 0.1) is 0 Å². The van der Waals surface area contributed by atoms with E-state index in [4.69, 9.17) is 0 Å². The molecule has 6 heteroatoms. The molecule has 1 aromatic carbocycles. The van der Waals surface area contributed by atoms with E-state index in [9.17, 15) is 4.79 Å². The molecule has 1 aromatic heterocycles. The van der Waals surface area contributed by atoms with Gasteiger partial charge in [0.05, 0.1) is 12.6 Å². The number of amides is 1. The smallest absolute Gasteiger partial charge is 0.237 e. The number of nitrogens with zero attached hydrogens (tertiary/aromatic N) is 2. The van der Waals surface area contributed by atoms with Crippen LogP contribution in [0.4, 0.5) is 0 Å². The quantitative estimate of drug-likeness (QED) is 0.880. The minimum Gasteiger partial charge on any atom is -0.351 e. The van der Waals surface area contributed by atoms with Crippen LogP contribution in [0.2, 0.25) is 0 Å². The van der Waals surface area contributed by atoms with Crippen LogP contribution in [0.25, 0.3) is 0 Å². The Labute approximate surface area is 142 Å². The van der Waals surface area contributed by atoms with Crippen molar-refractivity contribution in [2.75, 3.05) is 6.54 Å². The third-order valence-corrected chi connectivity index (χ3v) is 3.99. The molecular formula is C17H23ClN4O. The molecule has 5 nitrogen and oxygen atoms in total. The van der Waals surface area contributed by atoms with Crippen LogP contribution in [0.5, 0.6) is 0 Å². The molecule has 0 spiro atoms. The number of hydrogen-bond acceptors (Lipinski definition) is 3. The fourth-order valence-corrected chi connectivity index (χ4v) is 2.81. The van der Waals surface area contributed by atoms with Crippen LogP contribution in [-0.4, -0.2) is 28.3 Å². The predicted octanol–water partition coefficient (Wildman–Crippen LogP) is 2.11. The second-order valence-corrected chi connectivity index (χ2v) is 5.74. The minimum absolute atomic E-state index is 0. The van der Waals surface area contributed by atoms with Crippen molar-refractivity contribution < 1.29 is 4.79 Å². The lowest BCUT2D eigenvalue weighted by atomic mass is 10.0. The average molecular weight is 335 g/mol. The molecule has 1 saturated heterocycles. The zero-order valence-corrected chi connectivity index (χ0v) is 13.9. The van der Waals surface area contributed by atoms with E-state index in [1.165, 1.54) is 12.0 Å². The van der Waals surface area contributed by atoms with Crippen molar-refractivity contribution in [3.05, 3.63) is 53.9 Å². The van der Waals surface area contributed by atoms with E-state index in [-0.39, 0.29) is 24.4 Å². The summed E-state index contributed by atoms with van der Waals surface area (Å²) in [6, 6.07) is 10.2. The molecule has 0 radical (unpaired) electrons. The summed E-state index contributed by atoms with van der Waals surface area (Å²) in [5, 5.41) is 10.5. The van der Waals surface area contributed by atoms with Crippen molar-refractivity contribution in [3.63, 3.8) is 0 Å². The highest BCUT2D eigenvalue weighted by atomic mass is 35.5. The number of nitrogens with one attached hydrogen (secondary N) is 2. The van der Waals surface area contributed by atoms with Crippen LogP contribution in [0.15, 0.2) is 42.7 Å². The van der Waals surface area contributed by atoms with Crippen molar-refractivity contribution in [1.29, 1.82) is 0 Å². The van der Waals surface area contributed by atoms with Gasteiger partial charge in [0.15, 0.2) is 0 Å². The molecule has 1 atom stereocenters. The molecule has 1 fully saturated rings. The first-order valence-corrected chi connectivity index (χ1v) is 7.87. The molecule has 1 aliphatic rings. The van der Waals surface area contributed by atoms with Crippen LogP contribution < -0.4 is 10.6 Å². The molecule has 23 heavy (non-hydrogen) atoms. The standard InChI is InChI=1S/C17H22N4O.ClH/c22-17(16-7-1-2-8-18-16)19-12-14-5-3-6-15(11-14)13-21-10-4-9-20-21;/h3-6,9-11,16,18H,1-2,7-8,12-13H2,(H,19,22);1H. The normalized spacial score (nSPS) is 17.3. The van der Waals surface area contributed by atoms with Crippen molar-refractivity contribution in [3.8, 4) is 0 Å². The van der Waals surface area contributed by atoms with Crippen LogP contribution in [0.3, 0.4) is 0 Å². The van der Waals surface area contributed by atoms with Gasteiger partial charge < -0.3 is 10.6 Å². The van der Waals surface area contributed by atoms with Gasteiger partial charge in [0.1, 0.15) is 0 Å². The first-order valence-electron chi connectivity index (χ1n) is 7.87. The molecule has 0 bridgehead atoms. The van der Waals surface area contributed by atoms with E-state index in [2.05, 4.69) is 27.9 Å². The Hall–Kier alpha value is -1.85.